The molecule has 3 N–H and O–H groups in total. The van der Waals surface area contributed by atoms with E-state index in [1.807, 2.05) is 24.3 Å². The fourth-order valence-corrected chi connectivity index (χ4v) is 2.21. The number of hydrogen-bond donors (Lipinski definition) is 2. The lowest BCUT2D eigenvalue weighted by Crippen LogP contribution is -2.53. The Hall–Kier alpha value is -1.75. The molecular formula is C13H19N3O2. The maximum absolute atomic E-state index is 8.63. The zero-order chi connectivity index (χ0) is 13.2. The van der Waals surface area contributed by atoms with E-state index in [4.69, 9.17) is 15.7 Å². The first-order chi connectivity index (χ1) is 8.54. The second-order valence-electron chi connectivity index (χ2n) is 5.05. The quantitative estimate of drug-likeness (QED) is 0.360. The fourth-order valence-electron chi connectivity index (χ4n) is 2.21. The van der Waals surface area contributed by atoms with E-state index in [1.54, 1.807) is 0 Å². The summed E-state index contributed by atoms with van der Waals surface area (Å²) in [5.41, 5.74) is 7.36. The number of benzene rings is 1. The molecule has 0 aliphatic carbocycles. The second kappa shape index (κ2) is 4.86. The van der Waals surface area contributed by atoms with Crippen molar-refractivity contribution in [1.29, 1.82) is 0 Å². The topological polar surface area (TPSA) is 71.1 Å². The van der Waals surface area contributed by atoms with Crippen LogP contribution in [0.1, 0.15) is 19.4 Å². The largest absolute Gasteiger partial charge is 0.409 e. The van der Waals surface area contributed by atoms with Gasteiger partial charge in [0.05, 0.1) is 18.8 Å². The van der Waals surface area contributed by atoms with Crippen LogP contribution in [0.3, 0.4) is 0 Å². The number of nitrogens with two attached hydrogens (primary N) is 1. The summed E-state index contributed by atoms with van der Waals surface area (Å²) in [6.45, 7) is 6.64. The molecule has 1 heterocycles. The van der Waals surface area contributed by atoms with E-state index < -0.39 is 0 Å². The van der Waals surface area contributed by atoms with Gasteiger partial charge in [0.25, 0.3) is 0 Å². The van der Waals surface area contributed by atoms with Crippen molar-refractivity contribution in [3.05, 3.63) is 29.8 Å². The summed E-state index contributed by atoms with van der Waals surface area (Å²) in [4.78, 5) is 2.31. The van der Waals surface area contributed by atoms with Gasteiger partial charge in [-0.25, -0.2) is 0 Å². The SMILES string of the molecule is CC1(C)COCCN1c1ccc(C(N)=NO)cc1. The van der Waals surface area contributed by atoms with Crippen LogP contribution in [0, 0.1) is 0 Å². The molecule has 0 saturated carbocycles. The Morgan fingerprint density at radius 1 is 1.39 bits per heavy atom. The van der Waals surface area contributed by atoms with Crippen LogP contribution in [0.15, 0.2) is 29.4 Å². The molecule has 1 aliphatic rings. The minimum Gasteiger partial charge on any atom is -0.409 e. The maximum atomic E-state index is 8.63. The van der Waals surface area contributed by atoms with Crippen molar-refractivity contribution >= 4 is 11.5 Å². The van der Waals surface area contributed by atoms with Gasteiger partial charge in [0.15, 0.2) is 5.84 Å². The highest BCUT2D eigenvalue weighted by Gasteiger charge is 2.30. The fraction of sp³-hybridized carbons (Fsp3) is 0.462. The zero-order valence-corrected chi connectivity index (χ0v) is 10.8. The molecule has 1 aliphatic heterocycles. The number of oxime groups is 1. The van der Waals surface area contributed by atoms with E-state index in [0.29, 0.717) is 5.56 Å². The lowest BCUT2D eigenvalue weighted by atomic mass is 10.0. The highest BCUT2D eigenvalue weighted by Crippen LogP contribution is 2.26. The Morgan fingerprint density at radius 3 is 2.61 bits per heavy atom. The molecule has 18 heavy (non-hydrogen) atoms. The number of amidine groups is 1. The van der Waals surface area contributed by atoms with E-state index in [0.717, 1.165) is 25.4 Å². The number of anilines is 1. The Balaban J connectivity index is 2.23. The van der Waals surface area contributed by atoms with Crippen molar-refractivity contribution in [2.75, 3.05) is 24.7 Å². The second-order valence-corrected chi connectivity index (χ2v) is 5.05. The Kier molecular flexibility index (Phi) is 3.43. The molecule has 1 aromatic rings. The van der Waals surface area contributed by atoms with Crippen LogP contribution in [-0.2, 0) is 4.74 Å². The first-order valence-corrected chi connectivity index (χ1v) is 5.98. The molecule has 0 aromatic heterocycles. The summed E-state index contributed by atoms with van der Waals surface area (Å²) in [6.07, 6.45) is 0. The molecule has 1 aromatic carbocycles. The number of rotatable bonds is 2. The third kappa shape index (κ3) is 2.41. The van der Waals surface area contributed by atoms with Crippen molar-refractivity contribution in [2.45, 2.75) is 19.4 Å². The molecule has 0 unspecified atom stereocenters. The predicted molar refractivity (Wildman–Crippen MR) is 71.2 cm³/mol. The first-order valence-electron chi connectivity index (χ1n) is 5.98. The van der Waals surface area contributed by atoms with Gasteiger partial charge in [0.1, 0.15) is 0 Å². The highest BCUT2D eigenvalue weighted by molar-refractivity contribution is 5.97. The van der Waals surface area contributed by atoms with E-state index in [2.05, 4.69) is 23.9 Å². The van der Waals surface area contributed by atoms with Crippen LogP contribution in [0.5, 0.6) is 0 Å². The summed E-state index contributed by atoms with van der Waals surface area (Å²) in [6, 6.07) is 7.69. The van der Waals surface area contributed by atoms with Gasteiger partial charge in [0, 0.05) is 17.8 Å². The summed E-state index contributed by atoms with van der Waals surface area (Å²) in [5, 5.41) is 11.6. The molecule has 1 saturated heterocycles. The average Bonchev–Trinajstić information content (AvgIpc) is 2.37. The zero-order valence-electron chi connectivity index (χ0n) is 10.8. The van der Waals surface area contributed by atoms with Gasteiger partial charge >= 0.3 is 0 Å². The van der Waals surface area contributed by atoms with Crippen LogP contribution in [0.2, 0.25) is 0 Å². The number of morpholine rings is 1. The molecule has 5 nitrogen and oxygen atoms in total. The third-order valence-electron chi connectivity index (χ3n) is 3.23. The van der Waals surface area contributed by atoms with Crippen molar-refractivity contribution in [3.63, 3.8) is 0 Å². The number of ether oxygens (including phenoxy) is 1. The molecule has 0 bridgehead atoms. The van der Waals surface area contributed by atoms with Gasteiger partial charge in [0.2, 0.25) is 0 Å². The monoisotopic (exact) mass is 249 g/mol. The summed E-state index contributed by atoms with van der Waals surface area (Å²) in [7, 11) is 0. The molecule has 2 rings (SSSR count). The maximum Gasteiger partial charge on any atom is 0.170 e. The van der Waals surface area contributed by atoms with Gasteiger partial charge in [-0.2, -0.15) is 0 Å². The normalized spacial score (nSPS) is 19.9. The summed E-state index contributed by atoms with van der Waals surface area (Å²) >= 11 is 0. The summed E-state index contributed by atoms with van der Waals surface area (Å²) < 4.78 is 5.50. The molecular weight excluding hydrogens is 230 g/mol. The summed E-state index contributed by atoms with van der Waals surface area (Å²) in [5.74, 6) is 0.128. The van der Waals surface area contributed by atoms with Crippen LogP contribution < -0.4 is 10.6 Å². The van der Waals surface area contributed by atoms with Gasteiger partial charge in [-0.3, -0.25) is 0 Å². The van der Waals surface area contributed by atoms with Gasteiger partial charge < -0.3 is 20.6 Å². The molecule has 98 valence electrons. The van der Waals surface area contributed by atoms with Crippen LogP contribution in [0.25, 0.3) is 0 Å². The van der Waals surface area contributed by atoms with Crippen molar-refractivity contribution in [1.82, 2.24) is 0 Å². The van der Waals surface area contributed by atoms with Gasteiger partial charge in [-0.1, -0.05) is 5.16 Å². The third-order valence-corrected chi connectivity index (χ3v) is 3.23. The number of hydrogen-bond acceptors (Lipinski definition) is 4. The molecule has 0 amide bonds. The van der Waals surface area contributed by atoms with Crippen LogP contribution in [-0.4, -0.2) is 36.3 Å². The first kappa shape index (κ1) is 12.7. The van der Waals surface area contributed by atoms with E-state index >= 15 is 0 Å². The minimum atomic E-state index is -0.0175. The van der Waals surface area contributed by atoms with Crippen molar-refractivity contribution in [2.24, 2.45) is 10.9 Å². The Bertz CT molecular complexity index is 440. The minimum absolute atomic E-state index is 0.0175. The van der Waals surface area contributed by atoms with E-state index in [1.165, 1.54) is 0 Å². The Labute approximate surface area is 107 Å². The molecule has 0 radical (unpaired) electrons. The smallest absolute Gasteiger partial charge is 0.170 e. The molecule has 5 heteroatoms. The van der Waals surface area contributed by atoms with Crippen LogP contribution >= 0.6 is 0 Å². The average molecular weight is 249 g/mol. The van der Waals surface area contributed by atoms with E-state index in [9.17, 15) is 0 Å². The predicted octanol–water partition coefficient (Wildman–Crippen LogP) is 1.40. The molecule has 1 fully saturated rings. The molecule has 0 spiro atoms. The van der Waals surface area contributed by atoms with Gasteiger partial charge in [-0.05, 0) is 38.1 Å². The number of nitrogens with zero attached hydrogens (tertiary/aromatic N) is 2. The van der Waals surface area contributed by atoms with Gasteiger partial charge in [-0.15, -0.1) is 0 Å². The lowest BCUT2D eigenvalue weighted by Gasteiger charge is -2.43. The van der Waals surface area contributed by atoms with Crippen molar-refractivity contribution < 1.29 is 9.94 Å². The molecule has 0 atom stereocenters. The van der Waals surface area contributed by atoms with Crippen LogP contribution in [0.4, 0.5) is 5.69 Å². The highest BCUT2D eigenvalue weighted by atomic mass is 16.5. The standard InChI is InChI=1S/C13H19N3O2/c1-13(2)9-18-8-7-16(13)11-5-3-10(4-6-11)12(14)15-17/h3-6,17H,7-9H2,1-2H3,(H2,14,15). The van der Waals surface area contributed by atoms with E-state index in [-0.39, 0.29) is 11.4 Å². The Morgan fingerprint density at radius 2 is 2.06 bits per heavy atom. The van der Waals surface area contributed by atoms with Crippen molar-refractivity contribution in [3.8, 4) is 0 Å². The lowest BCUT2D eigenvalue weighted by molar-refractivity contribution is 0.0644.